The predicted octanol–water partition coefficient (Wildman–Crippen LogP) is 3.62. The number of hydrogen-bond donors (Lipinski definition) is 1. The number of ether oxygens (including phenoxy) is 1. The van der Waals surface area contributed by atoms with Crippen LogP contribution in [-0.4, -0.2) is 59.2 Å². The average molecular weight is 529 g/mol. The topological polar surface area (TPSA) is 54.7 Å². The van der Waals surface area contributed by atoms with Crippen LogP contribution in [0.3, 0.4) is 0 Å². The maximum atomic E-state index is 5.95. The Balaban J connectivity index is 0.00000300. The molecular formula is C21H32IN5OS. The maximum absolute atomic E-state index is 5.95. The molecule has 1 aliphatic heterocycles. The first-order valence-electron chi connectivity index (χ1n) is 9.92. The lowest BCUT2D eigenvalue weighted by atomic mass is 10.1. The fourth-order valence-corrected chi connectivity index (χ4v) is 3.96. The van der Waals surface area contributed by atoms with Crippen molar-refractivity contribution in [2.24, 2.45) is 12.0 Å². The van der Waals surface area contributed by atoms with Crippen molar-refractivity contribution in [2.45, 2.75) is 25.7 Å². The molecule has 8 heteroatoms. The summed E-state index contributed by atoms with van der Waals surface area (Å²) in [5, 5.41) is 7.70. The summed E-state index contributed by atoms with van der Waals surface area (Å²) in [5.41, 5.74) is 3.81. The number of rotatable bonds is 7. The molecule has 1 saturated heterocycles. The highest BCUT2D eigenvalue weighted by atomic mass is 127. The van der Waals surface area contributed by atoms with Crippen LogP contribution in [0.1, 0.15) is 29.7 Å². The number of aromatic nitrogens is 2. The molecule has 6 nitrogen and oxygen atoms in total. The van der Waals surface area contributed by atoms with Gasteiger partial charge in [-0.25, -0.2) is 0 Å². The van der Waals surface area contributed by atoms with Crippen LogP contribution in [0.15, 0.2) is 41.7 Å². The van der Waals surface area contributed by atoms with Gasteiger partial charge >= 0.3 is 0 Å². The van der Waals surface area contributed by atoms with Gasteiger partial charge in [0.1, 0.15) is 6.10 Å². The number of benzene rings is 1. The fourth-order valence-electron chi connectivity index (χ4n) is 3.17. The molecule has 2 aromatic rings. The number of halogens is 1. The number of guanidine groups is 1. The molecule has 0 spiro atoms. The second kappa shape index (κ2) is 12.4. The zero-order valence-electron chi connectivity index (χ0n) is 17.5. The molecule has 1 fully saturated rings. The molecule has 3 rings (SSSR count). The lowest BCUT2D eigenvalue weighted by Gasteiger charge is -2.34. The third-order valence-electron chi connectivity index (χ3n) is 4.68. The van der Waals surface area contributed by atoms with Crippen LogP contribution < -0.4 is 5.32 Å². The number of morpholine rings is 1. The van der Waals surface area contributed by atoms with Gasteiger partial charge in [0.25, 0.3) is 0 Å². The van der Waals surface area contributed by atoms with E-state index in [1.165, 1.54) is 11.1 Å². The largest absolute Gasteiger partial charge is 0.370 e. The lowest BCUT2D eigenvalue weighted by Crippen LogP contribution is -2.48. The Morgan fingerprint density at radius 1 is 1.34 bits per heavy atom. The molecule has 1 aliphatic rings. The Morgan fingerprint density at radius 2 is 2.14 bits per heavy atom. The minimum atomic E-state index is 0. The van der Waals surface area contributed by atoms with Crippen molar-refractivity contribution in [3.8, 4) is 0 Å². The Morgan fingerprint density at radius 3 is 2.83 bits per heavy atom. The van der Waals surface area contributed by atoms with Gasteiger partial charge in [-0.1, -0.05) is 29.8 Å². The van der Waals surface area contributed by atoms with Gasteiger partial charge in [0, 0.05) is 43.4 Å². The molecule has 29 heavy (non-hydrogen) atoms. The van der Waals surface area contributed by atoms with Gasteiger partial charge in [0.05, 0.1) is 25.9 Å². The van der Waals surface area contributed by atoms with Gasteiger partial charge in [-0.3, -0.25) is 9.67 Å². The van der Waals surface area contributed by atoms with Crippen molar-refractivity contribution < 1.29 is 4.74 Å². The Bertz CT molecular complexity index is 765. The lowest BCUT2D eigenvalue weighted by molar-refractivity contribution is -0.00802. The molecule has 0 bridgehead atoms. The van der Waals surface area contributed by atoms with Gasteiger partial charge in [-0.05, 0) is 19.4 Å². The van der Waals surface area contributed by atoms with Crippen molar-refractivity contribution in [1.82, 2.24) is 20.0 Å². The van der Waals surface area contributed by atoms with Crippen molar-refractivity contribution >= 4 is 41.7 Å². The van der Waals surface area contributed by atoms with Crippen molar-refractivity contribution in [3.63, 3.8) is 0 Å². The van der Waals surface area contributed by atoms with Crippen LogP contribution in [0, 0.1) is 6.92 Å². The van der Waals surface area contributed by atoms with Crippen LogP contribution in [0.5, 0.6) is 0 Å². The van der Waals surface area contributed by atoms with Crippen molar-refractivity contribution in [2.75, 3.05) is 38.5 Å². The summed E-state index contributed by atoms with van der Waals surface area (Å²) in [6.07, 6.45) is 3.96. The normalized spacial score (nSPS) is 17.1. The van der Waals surface area contributed by atoms with E-state index in [1.54, 1.807) is 0 Å². The highest BCUT2D eigenvalue weighted by Crippen LogP contribution is 2.21. The van der Waals surface area contributed by atoms with E-state index in [2.05, 4.69) is 53.4 Å². The van der Waals surface area contributed by atoms with E-state index in [0.717, 1.165) is 49.2 Å². The maximum Gasteiger partial charge on any atom is 0.194 e. The minimum Gasteiger partial charge on any atom is -0.370 e. The molecule has 1 N–H and O–H groups in total. The SMILES string of the molecule is CCNC(=NCCSCc1ccc(C)cc1)N1CCOC(c2cnn(C)c2)C1.I. The summed E-state index contributed by atoms with van der Waals surface area (Å²) < 4.78 is 7.78. The number of hydrogen-bond acceptors (Lipinski definition) is 4. The van der Waals surface area contributed by atoms with Crippen molar-refractivity contribution in [1.29, 1.82) is 0 Å². The second-order valence-corrected chi connectivity index (χ2v) is 8.13. The molecule has 0 saturated carbocycles. The molecular weight excluding hydrogens is 497 g/mol. The van der Waals surface area contributed by atoms with Crippen molar-refractivity contribution in [3.05, 3.63) is 53.3 Å². The smallest absolute Gasteiger partial charge is 0.194 e. The first-order chi connectivity index (χ1) is 13.7. The standard InChI is InChI=1S/C21H31N5OS.HI/c1-4-22-21(23-9-12-28-16-18-7-5-17(2)6-8-18)26-10-11-27-20(15-26)19-13-24-25(3)14-19;/h5-8,13-14,20H,4,9-12,15-16H2,1-3H3,(H,22,23);1H. The second-order valence-electron chi connectivity index (χ2n) is 7.03. The number of aliphatic imine (C=N–C) groups is 1. The van der Waals surface area contributed by atoms with Gasteiger partial charge in [0.15, 0.2) is 5.96 Å². The highest BCUT2D eigenvalue weighted by Gasteiger charge is 2.25. The van der Waals surface area contributed by atoms with Gasteiger partial charge in [-0.2, -0.15) is 16.9 Å². The first-order valence-corrected chi connectivity index (χ1v) is 11.1. The summed E-state index contributed by atoms with van der Waals surface area (Å²) in [5.74, 6) is 3.03. The monoisotopic (exact) mass is 529 g/mol. The van der Waals surface area contributed by atoms with E-state index in [4.69, 9.17) is 9.73 Å². The van der Waals surface area contributed by atoms with Crippen LogP contribution in [-0.2, 0) is 17.5 Å². The molecule has 1 aromatic carbocycles. The van der Waals surface area contributed by atoms with Gasteiger partial charge < -0.3 is 15.0 Å². The summed E-state index contributed by atoms with van der Waals surface area (Å²) in [6, 6.07) is 8.77. The first kappa shape index (κ1) is 24.0. The molecule has 1 aromatic heterocycles. The van der Waals surface area contributed by atoms with Crippen LogP contribution in [0.25, 0.3) is 0 Å². The van der Waals surface area contributed by atoms with E-state index >= 15 is 0 Å². The Hall–Kier alpha value is -1.26. The molecule has 160 valence electrons. The summed E-state index contributed by atoms with van der Waals surface area (Å²) >= 11 is 1.93. The summed E-state index contributed by atoms with van der Waals surface area (Å²) in [7, 11) is 1.93. The number of thioether (sulfide) groups is 1. The Kier molecular flexibility index (Phi) is 10.3. The van der Waals surface area contributed by atoms with E-state index in [0.29, 0.717) is 6.61 Å². The number of aryl methyl sites for hydroxylation is 2. The van der Waals surface area contributed by atoms with E-state index in [-0.39, 0.29) is 30.1 Å². The fraction of sp³-hybridized carbons (Fsp3) is 0.524. The third-order valence-corrected chi connectivity index (χ3v) is 5.69. The highest BCUT2D eigenvalue weighted by molar-refractivity contribution is 14.0. The predicted molar refractivity (Wildman–Crippen MR) is 132 cm³/mol. The zero-order valence-corrected chi connectivity index (χ0v) is 20.7. The number of nitrogens with zero attached hydrogens (tertiary/aromatic N) is 4. The van der Waals surface area contributed by atoms with Crippen LogP contribution in [0.2, 0.25) is 0 Å². The molecule has 0 radical (unpaired) electrons. The van der Waals surface area contributed by atoms with E-state index < -0.39 is 0 Å². The van der Waals surface area contributed by atoms with Gasteiger partial charge in [0.2, 0.25) is 0 Å². The molecule has 2 heterocycles. The third kappa shape index (κ3) is 7.49. The number of nitrogens with one attached hydrogen (secondary N) is 1. The molecule has 1 atom stereocenters. The molecule has 0 aliphatic carbocycles. The van der Waals surface area contributed by atoms with Crippen LogP contribution >= 0.6 is 35.7 Å². The quantitative estimate of drug-likeness (QED) is 0.257. The zero-order chi connectivity index (χ0) is 19.8. The van der Waals surface area contributed by atoms with Crippen LogP contribution in [0.4, 0.5) is 0 Å². The minimum absolute atomic E-state index is 0. The molecule has 1 unspecified atom stereocenters. The van der Waals surface area contributed by atoms with Gasteiger partial charge in [-0.15, -0.1) is 24.0 Å². The summed E-state index contributed by atoms with van der Waals surface area (Å²) in [6.45, 7) is 8.27. The average Bonchev–Trinajstić information content (AvgIpc) is 3.15. The van der Waals surface area contributed by atoms with E-state index in [1.807, 2.05) is 35.9 Å². The Labute approximate surface area is 195 Å². The molecule has 0 amide bonds. The summed E-state index contributed by atoms with van der Waals surface area (Å²) in [4.78, 5) is 7.15. The van der Waals surface area contributed by atoms with E-state index in [9.17, 15) is 0 Å².